The van der Waals surface area contributed by atoms with Crippen LogP contribution < -0.4 is 20.4 Å². The molecule has 0 spiro atoms. The zero-order valence-corrected chi connectivity index (χ0v) is 38.1. The maximum absolute atomic E-state index is 12.0. The Labute approximate surface area is 383 Å². The predicted octanol–water partition coefficient (Wildman–Crippen LogP) is 7.90. The molecule has 0 aromatic heterocycles. The first-order chi connectivity index (χ1) is 24.3. The third-order valence-electron chi connectivity index (χ3n) is 7.83. The summed E-state index contributed by atoms with van der Waals surface area (Å²) < 4.78 is 0. The van der Waals surface area contributed by atoms with E-state index in [0.29, 0.717) is 94.7 Å². The van der Waals surface area contributed by atoms with Crippen LogP contribution >= 0.6 is 92.8 Å². The van der Waals surface area contributed by atoms with Gasteiger partial charge in [0, 0.05) is 92.5 Å². The number of benzene rings is 4. The zero-order valence-electron chi connectivity index (χ0n) is 29.8. The number of nitrogens with zero attached hydrogens (tertiary/aromatic N) is 4. The van der Waals surface area contributed by atoms with Gasteiger partial charge >= 0.3 is 34.1 Å². The van der Waals surface area contributed by atoms with Gasteiger partial charge in [-0.1, -0.05) is 116 Å². The van der Waals surface area contributed by atoms with Crippen LogP contribution in [0, 0.1) is 0 Å². The minimum atomic E-state index is -0.208. The molecule has 0 heterocycles. The molecule has 4 aromatic rings. The van der Waals surface area contributed by atoms with Gasteiger partial charge in [0.05, 0.1) is 0 Å². The first kappa shape index (κ1) is 54.2. The van der Waals surface area contributed by atoms with Crippen molar-refractivity contribution in [2.45, 2.75) is 26.2 Å². The molecule has 298 valence electrons. The summed E-state index contributed by atoms with van der Waals surface area (Å²) >= 11 is 47.4. The van der Waals surface area contributed by atoms with Crippen LogP contribution in [0.2, 0.25) is 40.2 Å². The van der Waals surface area contributed by atoms with Gasteiger partial charge in [0.25, 0.3) is 0 Å². The summed E-state index contributed by atoms with van der Waals surface area (Å²) in [6.07, 6.45) is 0. The Hall–Kier alpha value is -0.761. The van der Waals surface area contributed by atoms with E-state index in [-0.39, 0.29) is 82.7 Å². The summed E-state index contributed by atoms with van der Waals surface area (Å²) in [6.45, 7) is 4.47. The van der Waals surface area contributed by atoms with Gasteiger partial charge in [0.15, 0.2) is 0 Å². The molecule has 0 aliphatic carbocycles. The van der Waals surface area contributed by atoms with Crippen LogP contribution in [0.5, 0.6) is 23.0 Å². The molecule has 4 rings (SSSR count). The normalized spacial score (nSPS) is 10.9. The maximum atomic E-state index is 12.0. The molecule has 2 radical (unpaired) electrons. The summed E-state index contributed by atoms with van der Waals surface area (Å²) in [5, 5.41) is 50.5. The summed E-state index contributed by atoms with van der Waals surface area (Å²) in [5.74, 6) is -0.830. The second-order valence-corrected chi connectivity index (χ2v) is 15.8. The smallest absolute Gasteiger partial charge is 2.00 e. The number of hydrogen-bond acceptors (Lipinski definition) is 8. The Balaban J connectivity index is 0.00000101. The van der Waals surface area contributed by atoms with Crippen molar-refractivity contribution in [1.82, 2.24) is 19.6 Å². The molecule has 4 aromatic carbocycles. The van der Waals surface area contributed by atoms with Crippen molar-refractivity contribution in [2.24, 2.45) is 0 Å². The van der Waals surface area contributed by atoms with Gasteiger partial charge in [0.2, 0.25) is 0 Å². The van der Waals surface area contributed by atoms with Crippen LogP contribution in [0.4, 0.5) is 0 Å². The molecule has 0 unspecified atom stereocenters. The Bertz CT molecular complexity index is 1590. The van der Waals surface area contributed by atoms with Crippen molar-refractivity contribution in [3.05, 3.63) is 111 Å². The topological polar surface area (TPSA) is 134 Å². The fraction of sp³-hybridized carbons (Fsp3) is 0.333. The summed E-state index contributed by atoms with van der Waals surface area (Å²) in [7, 11) is 7.60. The predicted molar refractivity (Wildman–Crippen MR) is 210 cm³/mol. The Morgan fingerprint density at radius 1 is 0.364 bits per heavy atom. The Kier molecular flexibility index (Phi) is 25.3. The monoisotopic (exact) mass is 996 g/mol. The molecule has 9 nitrogen and oxygen atoms in total. The van der Waals surface area contributed by atoms with Crippen LogP contribution in [0.15, 0.2) is 48.5 Å². The van der Waals surface area contributed by atoms with Crippen LogP contribution in [-0.4, -0.2) is 74.0 Å². The molecule has 55 heavy (non-hydrogen) atoms. The van der Waals surface area contributed by atoms with Gasteiger partial charge in [-0.15, -0.1) is 0 Å². The maximum Gasteiger partial charge on any atom is 5.00 e. The largest absolute Gasteiger partial charge is 5.00 e. The first-order valence-corrected chi connectivity index (χ1v) is 18.7. The number of hydrogen-bond donors (Lipinski definition) is 0. The second kappa shape index (κ2) is 25.7. The summed E-state index contributed by atoms with van der Waals surface area (Å²) in [4.78, 5) is 7.96. The minimum absolute atomic E-state index is 0. The van der Waals surface area contributed by atoms with E-state index >= 15 is 0 Å². The van der Waals surface area contributed by atoms with E-state index in [2.05, 4.69) is 0 Å². The third kappa shape index (κ3) is 17.6. The third-order valence-corrected chi connectivity index (χ3v) is 9.82. The van der Waals surface area contributed by atoms with Crippen molar-refractivity contribution >= 4 is 92.8 Å². The molecule has 0 saturated carbocycles. The van der Waals surface area contributed by atoms with Gasteiger partial charge in [-0.25, -0.2) is 0 Å². The SMILES string of the molecule is CN(CCN(C)Cc1cc(Cl)cc(Cl)c1[O-])Cc1cc(Cl)cc(Cl)c1[O-].CN(CCN(C)Cc1cc(Cl)cc(Cl)c1[O-])Cc1cc(Cl)cc(Cl)c1[O-].[Fe+5].[Fe+5].[O-2]. The molecule has 0 saturated heterocycles. The van der Waals surface area contributed by atoms with E-state index in [1.807, 2.05) is 47.8 Å². The number of likely N-dealkylation sites (N-methyl/N-ethyl adjacent to an activating group) is 4. The molecule has 0 N–H and O–H groups in total. The van der Waals surface area contributed by atoms with Gasteiger partial charge < -0.3 is 45.5 Å². The molecule has 0 aliphatic rings. The van der Waals surface area contributed by atoms with Crippen molar-refractivity contribution in [2.75, 3.05) is 54.4 Å². The molecule has 0 amide bonds. The quantitative estimate of drug-likeness (QED) is 0.117. The summed E-state index contributed by atoms with van der Waals surface area (Å²) in [6, 6.07) is 12.3. The van der Waals surface area contributed by atoms with Crippen LogP contribution in [0.3, 0.4) is 0 Å². The molecule has 0 aliphatic heterocycles. The Morgan fingerprint density at radius 2 is 0.527 bits per heavy atom. The molecule has 0 fully saturated rings. The number of rotatable bonds is 14. The van der Waals surface area contributed by atoms with Gasteiger partial charge in [-0.2, -0.15) is 0 Å². The van der Waals surface area contributed by atoms with E-state index in [4.69, 9.17) is 92.8 Å². The van der Waals surface area contributed by atoms with E-state index in [0.717, 1.165) is 0 Å². The molecule has 0 bridgehead atoms. The van der Waals surface area contributed by atoms with Crippen LogP contribution in [-0.2, 0) is 65.8 Å². The fourth-order valence-corrected chi connectivity index (χ4v) is 7.23. The second-order valence-electron chi connectivity index (χ2n) is 12.5. The van der Waals surface area contributed by atoms with E-state index in [1.165, 1.54) is 24.3 Å². The van der Waals surface area contributed by atoms with Gasteiger partial charge in [-0.3, -0.25) is 0 Å². The Morgan fingerprint density at radius 3 is 0.691 bits per heavy atom. The number of halogens is 8. The fourth-order valence-electron chi connectivity index (χ4n) is 5.09. The first-order valence-electron chi connectivity index (χ1n) is 15.7. The molecular weight excluding hydrogens is 964 g/mol. The van der Waals surface area contributed by atoms with Gasteiger partial charge in [-0.05, 0) is 99.0 Å². The van der Waals surface area contributed by atoms with Crippen molar-refractivity contribution in [1.29, 1.82) is 0 Å². The van der Waals surface area contributed by atoms with Crippen molar-refractivity contribution in [3.8, 4) is 23.0 Å². The standard InChI is InChI=1S/2C18H20Cl4N2O2.2Fe.O/c2*1-23(9-11-5-13(19)7-15(21)17(11)25)3-4-24(2)10-12-6-14(20)8-16(22)18(12)26;;;/h2*5-8,25-26H,3-4,9-10H2,1-2H3;;;/q;;2*+5;-2/p-4. The summed E-state index contributed by atoms with van der Waals surface area (Å²) in [5.41, 5.74) is 2.21. The van der Waals surface area contributed by atoms with E-state index < -0.39 is 0 Å². The zero-order chi connectivity index (χ0) is 38.9. The van der Waals surface area contributed by atoms with E-state index in [1.54, 1.807) is 24.3 Å². The van der Waals surface area contributed by atoms with Crippen molar-refractivity contribution < 1.29 is 60.0 Å². The van der Waals surface area contributed by atoms with Crippen LogP contribution in [0.25, 0.3) is 0 Å². The average Bonchev–Trinajstić information content (AvgIpc) is 3.05. The van der Waals surface area contributed by atoms with Gasteiger partial charge in [0.1, 0.15) is 0 Å². The molecule has 19 heteroatoms. The van der Waals surface area contributed by atoms with E-state index in [9.17, 15) is 20.4 Å². The van der Waals surface area contributed by atoms with Crippen LogP contribution in [0.1, 0.15) is 22.3 Å². The minimum Gasteiger partial charge on any atom is -2.00 e. The van der Waals surface area contributed by atoms with Crippen molar-refractivity contribution in [3.63, 3.8) is 0 Å². The molecule has 0 atom stereocenters. The molecular formula is C36H36Cl8Fe2N4O5+4. The average molecular weight is 1000 g/mol.